The van der Waals surface area contributed by atoms with Crippen LogP contribution in [0.1, 0.15) is 26.3 Å². The van der Waals surface area contributed by atoms with E-state index in [0.717, 1.165) is 11.1 Å². The summed E-state index contributed by atoms with van der Waals surface area (Å²) in [6.07, 6.45) is 0. The fourth-order valence-corrected chi connectivity index (χ4v) is 2.66. The molecular weight excluding hydrogens is 342 g/mol. The first-order valence-electron chi connectivity index (χ1n) is 8.14. The molecule has 0 fully saturated rings. The number of carbonyl (C=O) groups excluding carboxylic acids is 1. The van der Waals surface area contributed by atoms with Gasteiger partial charge in [0, 0.05) is 11.3 Å². The summed E-state index contributed by atoms with van der Waals surface area (Å²) in [5.74, 6) is -1.77. The molecule has 6 heteroatoms. The number of benzene rings is 3. The Morgan fingerprint density at radius 3 is 2.11 bits per heavy atom. The maximum atomic E-state index is 12.6. The van der Waals surface area contributed by atoms with E-state index in [0.29, 0.717) is 11.3 Å². The molecule has 3 aromatic carbocycles. The van der Waals surface area contributed by atoms with Gasteiger partial charge in [-0.25, -0.2) is 4.79 Å². The van der Waals surface area contributed by atoms with Gasteiger partial charge in [0.15, 0.2) is 0 Å². The Morgan fingerprint density at radius 1 is 0.852 bits per heavy atom. The standard InChI is InChI=1S/C21H17N3O3/c22-19(23)14-6-9-16(10-7-14)24-20(25)17-11-8-15(12-18(17)21(26)27)13-4-2-1-3-5-13/h1-12H,(H3,22,23)(H,24,25)(H,26,27). The Bertz CT molecular complexity index is 1010. The summed E-state index contributed by atoms with van der Waals surface area (Å²) >= 11 is 0. The highest BCUT2D eigenvalue weighted by molar-refractivity contribution is 6.11. The van der Waals surface area contributed by atoms with E-state index in [1.807, 2.05) is 30.3 Å². The van der Waals surface area contributed by atoms with Crippen LogP contribution in [0.3, 0.4) is 0 Å². The number of carboxylic acids is 1. The largest absolute Gasteiger partial charge is 0.478 e. The molecule has 0 saturated carbocycles. The molecule has 0 aliphatic rings. The summed E-state index contributed by atoms with van der Waals surface area (Å²) in [7, 11) is 0. The number of carboxylic acid groups (broad SMARTS) is 1. The number of nitrogen functional groups attached to an aromatic ring is 1. The minimum absolute atomic E-state index is 0.0674. The molecule has 0 bridgehead atoms. The predicted octanol–water partition coefficient (Wildman–Crippen LogP) is 3.59. The third-order valence-electron chi connectivity index (χ3n) is 4.06. The second kappa shape index (κ2) is 7.53. The van der Waals surface area contributed by atoms with E-state index in [4.69, 9.17) is 11.1 Å². The first-order valence-corrected chi connectivity index (χ1v) is 8.14. The second-order valence-corrected chi connectivity index (χ2v) is 5.88. The maximum Gasteiger partial charge on any atom is 0.336 e. The number of carbonyl (C=O) groups is 2. The van der Waals surface area contributed by atoms with Crippen molar-refractivity contribution in [2.24, 2.45) is 5.73 Å². The number of hydrogen-bond acceptors (Lipinski definition) is 3. The van der Waals surface area contributed by atoms with E-state index in [2.05, 4.69) is 5.32 Å². The zero-order valence-corrected chi connectivity index (χ0v) is 14.3. The predicted molar refractivity (Wildman–Crippen MR) is 104 cm³/mol. The summed E-state index contributed by atoms with van der Waals surface area (Å²) in [5.41, 5.74) is 7.99. The molecule has 3 aromatic rings. The molecule has 0 aromatic heterocycles. The number of amidine groups is 1. The SMILES string of the molecule is N=C(N)c1ccc(NC(=O)c2ccc(-c3ccccc3)cc2C(=O)O)cc1. The van der Waals surface area contributed by atoms with Gasteiger partial charge in [0.1, 0.15) is 5.84 Å². The van der Waals surface area contributed by atoms with Gasteiger partial charge in [0.25, 0.3) is 5.91 Å². The van der Waals surface area contributed by atoms with Gasteiger partial charge in [-0.3, -0.25) is 10.2 Å². The van der Waals surface area contributed by atoms with Crippen molar-refractivity contribution in [1.82, 2.24) is 0 Å². The van der Waals surface area contributed by atoms with Gasteiger partial charge in [0.05, 0.1) is 11.1 Å². The average Bonchev–Trinajstić information content (AvgIpc) is 2.68. The van der Waals surface area contributed by atoms with Gasteiger partial charge in [-0.2, -0.15) is 0 Å². The Balaban J connectivity index is 1.89. The molecular formula is C21H17N3O3. The lowest BCUT2D eigenvalue weighted by Crippen LogP contribution is -2.17. The molecule has 6 nitrogen and oxygen atoms in total. The smallest absolute Gasteiger partial charge is 0.336 e. The molecule has 0 aliphatic carbocycles. The molecule has 0 unspecified atom stereocenters. The summed E-state index contributed by atoms with van der Waals surface area (Å²) in [5, 5.41) is 19.6. The third kappa shape index (κ3) is 4.01. The van der Waals surface area contributed by atoms with Crippen LogP contribution in [0, 0.1) is 5.41 Å². The summed E-state index contributed by atoms with van der Waals surface area (Å²) < 4.78 is 0. The summed E-state index contributed by atoms with van der Waals surface area (Å²) in [6, 6.07) is 20.5. The molecule has 27 heavy (non-hydrogen) atoms. The molecule has 0 heterocycles. The minimum Gasteiger partial charge on any atom is -0.478 e. The number of amides is 1. The van der Waals surface area contributed by atoms with Crippen molar-refractivity contribution in [3.8, 4) is 11.1 Å². The number of anilines is 1. The Labute approximate surface area is 155 Å². The third-order valence-corrected chi connectivity index (χ3v) is 4.06. The molecule has 0 saturated heterocycles. The Kier molecular flexibility index (Phi) is 4.99. The lowest BCUT2D eigenvalue weighted by molar-refractivity contribution is 0.0692. The summed E-state index contributed by atoms with van der Waals surface area (Å²) in [4.78, 5) is 24.2. The normalized spacial score (nSPS) is 10.2. The van der Waals surface area contributed by atoms with Gasteiger partial charge >= 0.3 is 5.97 Å². The lowest BCUT2D eigenvalue weighted by atomic mass is 9.98. The Morgan fingerprint density at radius 2 is 1.52 bits per heavy atom. The van der Waals surface area contributed by atoms with E-state index >= 15 is 0 Å². The number of nitrogens with one attached hydrogen (secondary N) is 2. The van der Waals surface area contributed by atoms with E-state index in [1.54, 1.807) is 30.3 Å². The van der Waals surface area contributed by atoms with Gasteiger partial charge in [-0.15, -0.1) is 0 Å². The van der Waals surface area contributed by atoms with Crippen molar-refractivity contribution in [1.29, 1.82) is 5.41 Å². The van der Waals surface area contributed by atoms with Crippen LogP contribution in [-0.4, -0.2) is 22.8 Å². The maximum absolute atomic E-state index is 12.6. The molecule has 0 radical (unpaired) electrons. The van der Waals surface area contributed by atoms with Crippen molar-refractivity contribution < 1.29 is 14.7 Å². The Hall–Kier alpha value is -3.93. The van der Waals surface area contributed by atoms with E-state index < -0.39 is 11.9 Å². The van der Waals surface area contributed by atoms with Crippen molar-refractivity contribution in [3.05, 3.63) is 89.5 Å². The number of hydrogen-bond donors (Lipinski definition) is 4. The fourth-order valence-electron chi connectivity index (χ4n) is 2.66. The minimum atomic E-state index is -1.18. The molecule has 1 amide bonds. The first-order chi connectivity index (χ1) is 13.0. The molecule has 3 rings (SSSR count). The quantitative estimate of drug-likeness (QED) is 0.411. The van der Waals surface area contributed by atoms with Gasteiger partial charge in [0.2, 0.25) is 0 Å². The van der Waals surface area contributed by atoms with Crippen LogP contribution in [0.25, 0.3) is 11.1 Å². The number of rotatable bonds is 5. The molecule has 0 aliphatic heterocycles. The number of nitrogens with two attached hydrogens (primary N) is 1. The molecule has 134 valence electrons. The van der Waals surface area contributed by atoms with Gasteiger partial charge < -0.3 is 16.2 Å². The fraction of sp³-hybridized carbons (Fsp3) is 0. The highest BCUT2D eigenvalue weighted by atomic mass is 16.4. The van der Waals surface area contributed by atoms with E-state index in [1.165, 1.54) is 12.1 Å². The van der Waals surface area contributed by atoms with Crippen LogP contribution < -0.4 is 11.1 Å². The van der Waals surface area contributed by atoms with E-state index in [-0.39, 0.29) is 17.0 Å². The van der Waals surface area contributed by atoms with Crippen LogP contribution in [0.4, 0.5) is 5.69 Å². The monoisotopic (exact) mass is 359 g/mol. The highest BCUT2D eigenvalue weighted by Crippen LogP contribution is 2.23. The summed E-state index contributed by atoms with van der Waals surface area (Å²) in [6.45, 7) is 0. The van der Waals surface area contributed by atoms with Crippen molar-refractivity contribution >= 4 is 23.4 Å². The molecule has 5 N–H and O–H groups in total. The number of aromatic carboxylic acids is 1. The van der Waals surface area contributed by atoms with Crippen LogP contribution in [0.2, 0.25) is 0 Å². The van der Waals surface area contributed by atoms with Crippen LogP contribution in [0.5, 0.6) is 0 Å². The second-order valence-electron chi connectivity index (χ2n) is 5.88. The van der Waals surface area contributed by atoms with E-state index in [9.17, 15) is 14.7 Å². The lowest BCUT2D eigenvalue weighted by Gasteiger charge is -2.10. The van der Waals surface area contributed by atoms with Crippen molar-refractivity contribution in [3.63, 3.8) is 0 Å². The van der Waals surface area contributed by atoms with Gasteiger partial charge in [-0.1, -0.05) is 36.4 Å². The average molecular weight is 359 g/mol. The van der Waals surface area contributed by atoms with Crippen LogP contribution in [0.15, 0.2) is 72.8 Å². The molecule has 0 atom stereocenters. The van der Waals surface area contributed by atoms with Crippen LogP contribution >= 0.6 is 0 Å². The topological polar surface area (TPSA) is 116 Å². The van der Waals surface area contributed by atoms with Crippen LogP contribution in [-0.2, 0) is 0 Å². The first kappa shape index (κ1) is 17.9. The highest BCUT2D eigenvalue weighted by Gasteiger charge is 2.18. The zero-order chi connectivity index (χ0) is 19.4. The van der Waals surface area contributed by atoms with Crippen molar-refractivity contribution in [2.45, 2.75) is 0 Å². The molecule has 0 spiro atoms. The van der Waals surface area contributed by atoms with Crippen molar-refractivity contribution in [2.75, 3.05) is 5.32 Å². The zero-order valence-electron chi connectivity index (χ0n) is 14.3. The van der Waals surface area contributed by atoms with Gasteiger partial charge in [-0.05, 0) is 47.5 Å².